The Bertz CT molecular complexity index is 8030. The summed E-state index contributed by atoms with van der Waals surface area (Å²) in [4.78, 5) is 148. The number of benzene rings is 12. The van der Waals surface area contributed by atoms with Crippen LogP contribution in [0.2, 0.25) is 0 Å². The van der Waals surface area contributed by atoms with Crippen LogP contribution in [0.3, 0.4) is 0 Å². The molecule has 0 saturated heterocycles. The minimum absolute atomic E-state index is 0.00376. The van der Waals surface area contributed by atoms with Crippen molar-refractivity contribution in [2.24, 2.45) is 0 Å². The summed E-state index contributed by atoms with van der Waals surface area (Å²) in [7, 11) is 0. The van der Waals surface area contributed by atoms with E-state index in [1.165, 1.54) is 29.2 Å². The summed E-state index contributed by atoms with van der Waals surface area (Å²) in [6, 6.07) is 109. The topological polar surface area (TPSA) is 269 Å². The van der Waals surface area contributed by atoms with E-state index in [1.807, 2.05) is 285 Å². The molecule has 5 aliphatic heterocycles. The molecule has 0 bridgehead atoms. The normalized spacial score (nSPS) is 14.8. The van der Waals surface area contributed by atoms with Crippen LogP contribution < -0.4 is 37.1 Å². The van der Waals surface area contributed by atoms with E-state index in [2.05, 4.69) is 36.4 Å². The zero-order valence-electron chi connectivity index (χ0n) is 83.3. The van der Waals surface area contributed by atoms with Gasteiger partial charge in [0, 0.05) is 54.5 Å². The van der Waals surface area contributed by atoms with Crippen LogP contribution in [-0.2, 0) is 73.0 Å². The Hall–Kier alpha value is -17.4. The minimum atomic E-state index is -4.65. The molecule has 24 nitrogen and oxygen atoms in total. The summed E-state index contributed by atoms with van der Waals surface area (Å²) < 4.78 is 65.0. The molecule has 6 aliphatic rings. The average molecular weight is 2000 g/mol. The largest absolute Gasteiger partial charge is 0.485 e. The maximum atomic E-state index is 14.1. The number of amides is 4. The number of para-hydroxylation sites is 3. The van der Waals surface area contributed by atoms with Crippen LogP contribution >= 0.6 is 0 Å². The van der Waals surface area contributed by atoms with E-state index in [0.717, 1.165) is 93.1 Å². The number of aryl methyl sites for hydroxylation is 4. The first-order valence-electron chi connectivity index (χ1n) is 50.6. The molecule has 1 atom stereocenters. The quantitative estimate of drug-likeness (QED) is 0.0819. The highest BCUT2D eigenvalue weighted by Gasteiger charge is 2.47. The van der Waals surface area contributed by atoms with Gasteiger partial charge in [-0.05, 0) is 153 Å². The van der Waals surface area contributed by atoms with Gasteiger partial charge >= 0.3 is 6.18 Å². The maximum absolute atomic E-state index is 14.1. The van der Waals surface area contributed by atoms with E-state index in [-0.39, 0.29) is 103 Å². The Morgan fingerprint density at radius 2 is 0.660 bits per heavy atom. The highest BCUT2D eigenvalue weighted by Crippen LogP contribution is 2.45. The molecule has 0 spiro atoms. The second-order valence-electron chi connectivity index (χ2n) is 38.4. The molecule has 754 valence electrons. The van der Waals surface area contributed by atoms with Crippen LogP contribution in [-0.4, -0.2) is 120 Å². The molecule has 27 heteroatoms. The highest BCUT2D eigenvalue weighted by atomic mass is 19.4. The minimum Gasteiger partial charge on any atom is -0.485 e. The van der Waals surface area contributed by atoms with Crippen molar-refractivity contribution in [3.8, 4) is 11.5 Å². The smallest absolute Gasteiger partial charge is 0.417 e. The van der Waals surface area contributed by atoms with Crippen molar-refractivity contribution in [2.75, 3.05) is 32.8 Å². The molecule has 1 aliphatic carbocycles. The van der Waals surface area contributed by atoms with Crippen LogP contribution in [0.4, 0.5) is 13.2 Å². The van der Waals surface area contributed by atoms with Gasteiger partial charge in [0.1, 0.15) is 35.5 Å². The Morgan fingerprint density at radius 1 is 0.353 bits per heavy atom. The van der Waals surface area contributed by atoms with Crippen molar-refractivity contribution < 1.29 is 46.2 Å². The zero-order valence-corrected chi connectivity index (χ0v) is 83.3. The van der Waals surface area contributed by atoms with Crippen LogP contribution in [0.1, 0.15) is 195 Å². The van der Waals surface area contributed by atoms with E-state index in [0.29, 0.717) is 125 Å². The number of hydrogen-bond acceptors (Lipinski definition) is 16. The van der Waals surface area contributed by atoms with Gasteiger partial charge < -0.3 is 33.5 Å². The first kappa shape index (κ1) is 100.0. The summed E-state index contributed by atoms with van der Waals surface area (Å²) in [5.74, 6) is 2.40. The lowest BCUT2D eigenvalue weighted by Crippen LogP contribution is -2.49. The predicted molar refractivity (Wildman–Crippen MR) is 565 cm³/mol. The van der Waals surface area contributed by atoms with Gasteiger partial charge in [-0.15, -0.1) is 0 Å². The van der Waals surface area contributed by atoms with Crippen LogP contribution in [0, 0.1) is 27.7 Å². The Labute approximate surface area is 863 Å². The monoisotopic (exact) mass is 2000 g/mol. The van der Waals surface area contributed by atoms with Crippen molar-refractivity contribution in [1.82, 2.24) is 57.8 Å². The lowest BCUT2D eigenvalue weighted by atomic mass is 9.77. The summed E-state index contributed by atoms with van der Waals surface area (Å²) >= 11 is 0. The first-order valence-corrected chi connectivity index (χ1v) is 50.6. The number of carbonyl (C=O) groups is 4. The number of nitrogens with zero attached hydrogens (tertiary/aromatic N) is 12. The molecule has 4 amide bonds. The van der Waals surface area contributed by atoms with E-state index in [1.54, 1.807) is 60.8 Å². The number of fused-ring (bicyclic) bond motifs is 6. The van der Waals surface area contributed by atoms with Gasteiger partial charge in [-0.1, -0.05) is 322 Å². The van der Waals surface area contributed by atoms with Crippen molar-refractivity contribution >= 4 is 34.6 Å². The molecule has 1 unspecified atom stereocenters. The first-order chi connectivity index (χ1) is 72.9. The van der Waals surface area contributed by atoms with Crippen molar-refractivity contribution in [3.05, 3.63) is 539 Å². The molecule has 5 aromatic heterocycles. The van der Waals surface area contributed by atoms with Crippen molar-refractivity contribution in [1.29, 1.82) is 0 Å². The number of hydrogen-bond donors (Lipinski definition) is 0. The maximum Gasteiger partial charge on any atom is 0.417 e. The molecule has 12 aromatic carbocycles. The standard InChI is InChI=1S/C33H33N3O2.C31H25N3O4.C30H27N3O4.C29H24F3N3O2/c1-24-34-29-23-35(32(38)33(20-11-12-21-33)27-17-9-4-10-18-27)22-19-28(29)31(37)36(24)30(25-13-5-2-6-14-25)26-15-7-3-8-16-26;1-20-32-25-19-33(31(37)28-18-26(35)24-14-8-9-15-27(24)38-28)17-16-23(25)30(36)34(20)29(21-10-4-2-5-11-21)22-12-6-3-7-13-22;1-20-31-24-18-32(30(35)27-19-36-25-14-8-9-15-26(25)37-27)17-16-23(24)29(34)33(20)28(21-10-4-2-5-11-21)22-12-6-3-7-13-22;1-19-33-25-18-34(27(36)22-14-8-9-15-24(22)29(30,31)32)17-16-23(25)28(37)35(19)26(20-10-4-2-5-11-20)21-12-6-3-7-13-21/h2-10,13-18,30H,11-12,19-23H2,1H3;2-15,18,29H,16-17,19H2,1H3;2-15,27-28H,16-19H2,1H3;2-15,26H,16-18H2,1H3. The Balaban J connectivity index is 0.000000121. The number of carbonyl (C=O) groups excluding carboxylic acids is 4. The number of aromatic nitrogens is 8. The second-order valence-corrected chi connectivity index (χ2v) is 38.4. The SMILES string of the molecule is Cc1nc2c(c(=O)n1C(c1ccccc1)c1ccccc1)CCN(C(=O)C1(c3ccccc3)CCCC1)C2.Cc1nc2c(c(=O)n1C(c1ccccc1)c1ccccc1)CCN(C(=O)C1COc3ccccc3O1)C2.Cc1nc2c(c(=O)n1C(c1ccccc1)c1ccccc1)CCN(C(=O)c1cc(=O)c3ccccc3o1)C2.Cc1nc2c(c(=O)n1C(c1ccccc1)c1ccccc1)CCN(C(=O)c1ccccc1C(F)(F)F)C2. The average Bonchev–Trinajstić information content (AvgIpc) is 1.06. The second kappa shape index (κ2) is 43.7. The predicted octanol–water partition coefficient (Wildman–Crippen LogP) is 19.4. The zero-order chi connectivity index (χ0) is 104. The highest BCUT2D eigenvalue weighted by molar-refractivity contribution is 5.96. The molecule has 0 radical (unpaired) electrons. The van der Waals surface area contributed by atoms with Gasteiger partial charge in [0.15, 0.2) is 22.7 Å². The van der Waals surface area contributed by atoms with E-state index in [4.69, 9.17) is 33.8 Å². The van der Waals surface area contributed by atoms with Gasteiger partial charge in [-0.3, -0.25) is 61.4 Å². The molecule has 17 aromatic rings. The number of ether oxygens (including phenoxy) is 2. The molecule has 1 fully saturated rings. The van der Waals surface area contributed by atoms with E-state index >= 15 is 0 Å². The van der Waals surface area contributed by atoms with Crippen LogP contribution in [0.25, 0.3) is 11.0 Å². The fourth-order valence-electron chi connectivity index (χ4n) is 21.9. The third-order valence-corrected chi connectivity index (χ3v) is 29.2. The van der Waals surface area contributed by atoms with Crippen molar-refractivity contribution in [3.63, 3.8) is 0 Å². The van der Waals surface area contributed by atoms with Gasteiger partial charge in [0.05, 0.1) is 95.1 Å². The molecule has 23 rings (SSSR count). The Morgan fingerprint density at radius 3 is 1.04 bits per heavy atom. The molecule has 0 N–H and O–H groups in total. The van der Waals surface area contributed by atoms with Crippen molar-refractivity contribution in [2.45, 2.75) is 147 Å². The molecular formula is C123H109F3N12O12. The van der Waals surface area contributed by atoms with Gasteiger partial charge in [0.25, 0.3) is 40.0 Å². The summed E-state index contributed by atoms with van der Waals surface area (Å²) in [5, 5.41) is 0.428. The summed E-state index contributed by atoms with van der Waals surface area (Å²) in [5.41, 5.74) is 11.8. The van der Waals surface area contributed by atoms with E-state index < -0.39 is 46.7 Å². The number of halogens is 3. The fourth-order valence-corrected chi connectivity index (χ4v) is 21.9. The molecule has 1 saturated carbocycles. The van der Waals surface area contributed by atoms with Crippen LogP contribution in [0.5, 0.6) is 11.5 Å². The lowest BCUT2D eigenvalue weighted by molar-refractivity contribution is -0.142. The summed E-state index contributed by atoms with van der Waals surface area (Å²) in [6.45, 7) is 9.70. The lowest BCUT2D eigenvalue weighted by Gasteiger charge is -2.37. The summed E-state index contributed by atoms with van der Waals surface area (Å²) in [6.07, 6.45) is 0.0408. The number of rotatable bonds is 17. The van der Waals surface area contributed by atoms with Gasteiger partial charge in [-0.25, -0.2) is 19.9 Å². The van der Waals surface area contributed by atoms with Crippen LogP contribution in [0.15, 0.2) is 380 Å². The van der Waals surface area contributed by atoms with E-state index in [9.17, 15) is 56.3 Å². The molecule has 10 heterocycles. The third kappa shape index (κ3) is 20.5. The molecular weight excluding hydrogens is 1890 g/mol. The third-order valence-electron chi connectivity index (χ3n) is 29.2. The van der Waals surface area contributed by atoms with Gasteiger partial charge in [-0.2, -0.15) is 13.2 Å². The number of alkyl halides is 3. The Kier molecular flexibility index (Phi) is 29.1. The molecule has 150 heavy (non-hydrogen) atoms. The van der Waals surface area contributed by atoms with Gasteiger partial charge in [0.2, 0.25) is 12.0 Å². The fraction of sp³-hybridized carbons (Fsp3) is 0.228.